The van der Waals surface area contributed by atoms with E-state index in [-0.39, 0.29) is 5.97 Å². The highest BCUT2D eigenvalue weighted by molar-refractivity contribution is 6.04. The first-order valence-corrected chi connectivity index (χ1v) is 6.41. The van der Waals surface area contributed by atoms with E-state index in [0.717, 1.165) is 11.3 Å². The smallest absolute Gasteiger partial charge is 0.312 e. The zero-order valence-electron chi connectivity index (χ0n) is 11.6. The molecule has 2 rings (SSSR count). The lowest BCUT2D eigenvalue weighted by Crippen LogP contribution is -2.31. The molecule has 1 aromatic rings. The van der Waals surface area contributed by atoms with E-state index < -0.39 is 5.41 Å². The van der Waals surface area contributed by atoms with E-state index in [1.807, 2.05) is 37.3 Å². The number of hydrogen-bond donors (Lipinski definition) is 0. The van der Waals surface area contributed by atoms with E-state index >= 15 is 0 Å². The van der Waals surface area contributed by atoms with E-state index in [2.05, 4.69) is 11.1 Å². The van der Waals surface area contributed by atoms with Gasteiger partial charge in [0.05, 0.1) is 18.2 Å². The fourth-order valence-electron chi connectivity index (χ4n) is 2.26. The minimum absolute atomic E-state index is 0.281. The van der Waals surface area contributed by atoms with E-state index in [4.69, 9.17) is 10.00 Å². The van der Waals surface area contributed by atoms with Crippen LogP contribution in [0.15, 0.2) is 47.1 Å². The quantitative estimate of drug-likeness (QED) is 0.775. The zero-order valence-corrected chi connectivity index (χ0v) is 11.6. The molecule has 0 amide bonds. The third-order valence-corrected chi connectivity index (χ3v) is 3.46. The van der Waals surface area contributed by atoms with E-state index in [1.165, 1.54) is 7.11 Å². The van der Waals surface area contributed by atoms with Crippen LogP contribution in [-0.2, 0) is 9.53 Å². The highest BCUT2D eigenvalue weighted by Gasteiger charge is 2.36. The molecule has 1 atom stereocenters. The lowest BCUT2D eigenvalue weighted by molar-refractivity contribution is -0.151. The Bertz CT molecular complexity index is 611. The fraction of sp³-hybridized carbons (Fsp3) is 0.312. The van der Waals surface area contributed by atoms with Crippen LogP contribution < -0.4 is 0 Å². The molecule has 1 aliphatic heterocycles. The van der Waals surface area contributed by atoms with Gasteiger partial charge < -0.3 is 4.74 Å². The third kappa shape index (κ3) is 2.77. The molecule has 0 N–H and O–H groups in total. The summed E-state index contributed by atoms with van der Waals surface area (Å²) in [4.78, 5) is 16.4. The summed E-state index contributed by atoms with van der Waals surface area (Å²) in [6.45, 7) is 1.84. The van der Waals surface area contributed by atoms with Crippen molar-refractivity contribution < 1.29 is 9.53 Å². The molecule has 0 fully saturated rings. The standard InChI is InChI=1S/C16H16N2O2/c1-16(15(19)20-2)9-8-13(11-17)18-14(10-16)12-6-4-3-5-7-12/h3-8H,9-10H2,1-2H3. The molecule has 1 unspecified atom stereocenters. The van der Waals surface area contributed by atoms with E-state index in [0.29, 0.717) is 18.5 Å². The second-order valence-corrected chi connectivity index (χ2v) is 5.06. The van der Waals surface area contributed by atoms with Gasteiger partial charge in [0.2, 0.25) is 0 Å². The molecule has 1 aliphatic rings. The van der Waals surface area contributed by atoms with Crippen LogP contribution in [0.3, 0.4) is 0 Å². The maximum atomic E-state index is 12.0. The molecular formula is C16H16N2O2. The minimum Gasteiger partial charge on any atom is -0.469 e. The van der Waals surface area contributed by atoms with Gasteiger partial charge in [-0.2, -0.15) is 5.26 Å². The SMILES string of the molecule is COC(=O)C1(C)CC=C(C#N)N=C(c2ccccc2)C1. The number of aliphatic imine (C=N–C) groups is 1. The molecule has 0 bridgehead atoms. The number of carbonyl (C=O) groups is 1. The van der Waals surface area contributed by atoms with Crippen molar-refractivity contribution in [3.63, 3.8) is 0 Å². The lowest BCUT2D eigenvalue weighted by atomic mass is 9.80. The molecule has 0 radical (unpaired) electrons. The molecule has 0 spiro atoms. The lowest BCUT2D eigenvalue weighted by Gasteiger charge is -2.24. The summed E-state index contributed by atoms with van der Waals surface area (Å²) in [5, 5.41) is 9.11. The normalized spacial score (nSPS) is 22.1. The van der Waals surface area contributed by atoms with Crippen LogP contribution in [0, 0.1) is 16.7 Å². The van der Waals surface area contributed by atoms with Crippen LogP contribution in [0.5, 0.6) is 0 Å². The molecule has 0 saturated carbocycles. The summed E-state index contributed by atoms with van der Waals surface area (Å²) in [7, 11) is 1.38. The first-order chi connectivity index (χ1) is 9.59. The number of methoxy groups -OCH3 is 1. The first-order valence-electron chi connectivity index (χ1n) is 6.41. The minimum atomic E-state index is -0.692. The average Bonchev–Trinajstić information content (AvgIpc) is 2.67. The van der Waals surface area contributed by atoms with Gasteiger partial charge in [-0.05, 0) is 25.0 Å². The van der Waals surface area contributed by atoms with Crippen LogP contribution in [0.25, 0.3) is 0 Å². The van der Waals surface area contributed by atoms with E-state index in [9.17, 15) is 4.79 Å². The number of carbonyl (C=O) groups excluding carboxylic acids is 1. The van der Waals surface area contributed by atoms with Crippen molar-refractivity contribution in [3.05, 3.63) is 47.7 Å². The Morgan fingerprint density at radius 1 is 1.40 bits per heavy atom. The summed E-state index contributed by atoms with van der Waals surface area (Å²) >= 11 is 0. The number of nitriles is 1. The van der Waals surface area contributed by atoms with E-state index in [1.54, 1.807) is 6.08 Å². The summed E-state index contributed by atoms with van der Waals surface area (Å²) in [5.74, 6) is -0.281. The van der Waals surface area contributed by atoms with Crippen molar-refractivity contribution in [1.29, 1.82) is 5.26 Å². The molecule has 0 aromatic heterocycles. The Kier molecular flexibility index (Phi) is 3.99. The van der Waals surface area contributed by atoms with Gasteiger partial charge in [0.1, 0.15) is 11.8 Å². The molecule has 4 heteroatoms. The van der Waals surface area contributed by atoms with Crippen LogP contribution >= 0.6 is 0 Å². The van der Waals surface area contributed by atoms with Gasteiger partial charge in [0.25, 0.3) is 0 Å². The fourth-order valence-corrected chi connectivity index (χ4v) is 2.26. The largest absolute Gasteiger partial charge is 0.469 e. The second kappa shape index (κ2) is 5.70. The monoisotopic (exact) mass is 268 g/mol. The summed E-state index contributed by atoms with van der Waals surface area (Å²) in [6, 6.07) is 11.7. The van der Waals surface area contributed by atoms with Gasteiger partial charge in [-0.1, -0.05) is 30.3 Å². The topological polar surface area (TPSA) is 62.5 Å². The maximum Gasteiger partial charge on any atom is 0.312 e. The number of rotatable bonds is 2. The Morgan fingerprint density at radius 2 is 2.10 bits per heavy atom. The van der Waals surface area contributed by atoms with Gasteiger partial charge in [0.15, 0.2) is 0 Å². The second-order valence-electron chi connectivity index (χ2n) is 5.06. The van der Waals surface area contributed by atoms with Crippen molar-refractivity contribution in [2.24, 2.45) is 10.4 Å². The molecule has 0 aliphatic carbocycles. The number of nitrogens with zero attached hydrogens (tertiary/aromatic N) is 2. The highest BCUT2D eigenvalue weighted by Crippen LogP contribution is 2.33. The zero-order chi connectivity index (χ0) is 14.6. The van der Waals surface area contributed by atoms with Crippen molar-refractivity contribution in [2.75, 3.05) is 7.11 Å². The van der Waals surface area contributed by atoms with Crippen LogP contribution in [0.4, 0.5) is 0 Å². The maximum absolute atomic E-state index is 12.0. The molecular weight excluding hydrogens is 252 g/mol. The van der Waals surface area contributed by atoms with Crippen molar-refractivity contribution in [1.82, 2.24) is 0 Å². The van der Waals surface area contributed by atoms with Crippen molar-refractivity contribution in [2.45, 2.75) is 19.8 Å². The number of ether oxygens (including phenoxy) is 1. The van der Waals surface area contributed by atoms with Gasteiger partial charge in [-0.25, -0.2) is 4.99 Å². The van der Waals surface area contributed by atoms with Gasteiger partial charge in [-0.15, -0.1) is 0 Å². The predicted octanol–water partition coefficient (Wildman–Crippen LogP) is 2.86. The predicted molar refractivity (Wildman–Crippen MR) is 76.0 cm³/mol. The number of benzene rings is 1. The Balaban J connectivity index is 2.45. The summed E-state index contributed by atoms with van der Waals surface area (Å²) in [5.41, 5.74) is 1.31. The average molecular weight is 268 g/mol. The molecule has 1 aromatic carbocycles. The number of hydrogen-bond acceptors (Lipinski definition) is 4. The van der Waals surface area contributed by atoms with Crippen LogP contribution in [0.1, 0.15) is 25.3 Å². The Morgan fingerprint density at radius 3 is 2.70 bits per heavy atom. The van der Waals surface area contributed by atoms with Crippen LogP contribution in [0.2, 0.25) is 0 Å². The summed E-state index contributed by atoms with van der Waals surface area (Å²) < 4.78 is 4.90. The van der Waals surface area contributed by atoms with Gasteiger partial charge in [0, 0.05) is 6.42 Å². The molecule has 4 nitrogen and oxygen atoms in total. The Labute approximate surface area is 118 Å². The van der Waals surface area contributed by atoms with Gasteiger partial charge in [-0.3, -0.25) is 4.79 Å². The third-order valence-electron chi connectivity index (χ3n) is 3.46. The first kappa shape index (κ1) is 14.0. The number of allylic oxidation sites excluding steroid dienone is 2. The molecule has 102 valence electrons. The number of esters is 1. The highest BCUT2D eigenvalue weighted by atomic mass is 16.5. The van der Waals surface area contributed by atoms with Gasteiger partial charge >= 0.3 is 5.97 Å². The summed E-state index contributed by atoms with van der Waals surface area (Å²) in [6.07, 6.45) is 2.60. The molecule has 0 saturated heterocycles. The van der Waals surface area contributed by atoms with Crippen LogP contribution in [-0.4, -0.2) is 18.8 Å². The van der Waals surface area contributed by atoms with Crippen molar-refractivity contribution in [3.8, 4) is 6.07 Å². The molecule has 1 heterocycles. The molecule has 20 heavy (non-hydrogen) atoms. The van der Waals surface area contributed by atoms with Crippen molar-refractivity contribution >= 4 is 11.7 Å². The Hall–Kier alpha value is -2.41.